The van der Waals surface area contributed by atoms with Gasteiger partial charge in [-0.05, 0) is 43.5 Å². The molecule has 4 nitrogen and oxygen atoms in total. The van der Waals surface area contributed by atoms with Gasteiger partial charge in [-0.3, -0.25) is 4.79 Å². The van der Waals surface area contributed by atoms with Crippen molar-refractivity contribution in [3.05, 3.63) is 29.3 Å². The maximum absolute atomic E-state index is 11.6. The molecule has 1 amide bonds. The van der Waals surface area contributed by atoms with E-state index in [1.165, 1.54) is 16.8 Å². The van der Waals surface area contributed by atoms with Crippen molar-refractivity contribution in [2.75, 3.05) is 18.0 Å². The molecule has 116 valence electrons. The number of anilines is 1. The maximum atomic E-state index is 11.6. The van der Waals surface area contributed by atoms with E-state index in [9.17, 15) is 4.79 Å². The lowest BCUT2D eigenvalue weighted by molar-refractivity contribution is -0.125. The number of carbonyl (C=O) groups is 1. The van der Waals surface area contributed by atoms with E-state index in [4.69, 9.17) is 5.73 Å². The Morgan fingerprint density at radius 1 is 1.48 bits per heavy atom. The fourth-order valence-electron chi connectivity index (χ4n) is 2.77. The average molecular weight is 289 g/mol. The van der Waals surface area contributed by atoms with Crippen LogP contribution in [-0.2, 0) is 11.3 Å². The Morgan fingerprint density at radius 3 is 2.71 bits per heavy atom. The first-order valence-electron chi connectivity index (χ1n) is 7.69. The minimum absolute atomic E-state index is 0.195. The lowest BCUT2D eigenvalue weighted by Gasteiger charge is -2.23. The van der Waals surface area contributed by atoms with Crippen LogP contribution in [0.1, 0.15) is 38.3 Å². The summed E-state index contributed by atoms with van der Waals surface area (Å²) in [5, 5.41) is 3.44. The SMILES string of the molecule is Cc1cc(N2CCC(C)(C(N)=O)C2)ccc1CNC(C)C. The predicted octanol–water partition coefficient (Wildman–Crippen LogP) is 2.19. The molecular weight excluding hydrogens is 262 g/mol. The molecule has 0 bridgehead atoms. The van der Waals surface area contributed by atoms with Crippen molar-refractivity contribution in [3.63, 3.8) is 0 Å². The number of rotatable bonds is 5. The minimum atomic E-state index is -0.397. The molecule has 21 heavy (non-hydrogen) atoms. The Labute approximate surface area is 127 Å². The number of aryl methyl sites for hydroxylation is 1. The van der Waals surface area contributed by atoms with Gasteiger partial charge in [0.15, 0.2) is 0 Å². The number of amides is 1. The number of nitrogens with two attached hydrogens (primary N) is 1. The van der Waals surface area contributed by atoms with Crippen molar-refractivity contribution in [2.24, 2.45) is 11.1 Å². The highest BCUT2D eigenvalue weighted by molar-refractivity contribution is 5.82. The van der Waals surface area contributed by atoms with Crippen LogP contribution < -0.4 is 16.0 Å². The van der Waals surface area contributed by atoms with E-state index in [2.05, 4.69) is 49.2 Å². The zero-order chi connectivity index (χ0) is 15.6. The second-order valence-corrected chi connectivity index (χ2v) is 6.74. The zero-order valence-corrected chi connectivity index (χ0v) is 13.6. The van der Waals surface area contributed by atoms with Gasteiger partial charge in [-0.25, -0.2) is 0 Å². The monoisotopic (exact) mass is 289 g/mol. The molecule has 3 N–H and O–H groups in total. The largest absolute Gasteiger partial charge is 0.370 e. The number of carbonyl (C=O) groups excluding carboxylic acids is 1. The van der Waals surface area contributed by atoms with Gasteiger partial charge in [0.05, 0.1) is 5.41 Å². The van der Waals surface area contributed by atoms with Crippen LogP contribution in [0.2, 0.25) is 0 Å². The average Bonchev–Trinajstić information content (AvgIpc) is 2.81. The van der Waals surface area contributed by atoms with E-state index in [1.54, 1.807) is 0 Å². The molecule has 1 atom stereocenters. The molecular formula is C17H27N3O. The molecule has 2 rings (SSSR count). The molecule has 1 aromatic carbocycles. The topological polar surface area (TPSA) is 58.4 Å². The first-order chi connectivity index (χ1) is 9.82. The minimum Gasteiger partial charge on any atom is -0.370 e. The molecule has 1 aromatic rings. The number of hydrogen-bond acceptors (Lipinski definition) is 3. The molecule has 1 fully saturated rings. The van der Waals surface area contributed by atoms with Crippen molar-refractivity contribution < 1.29 is 4.79 Å². The molecule has 4 heteroatoms. The van der Waals surface area contributed by atoms with Gasteiger partial charge in [-0.1, -0.05) is 19.9 Å². The Kier molecular flexibility index (Phi) is 4.57. The summed E-state index contributed by atoms with van der Waals surface area (Å²) in [7, 11) is 0. The lowest BCUT2D eigenvalue weighted by Crippen LogP contribution is -2.37. The Morgan fingerprint density at radius 2 is 2.19 bits per heavy atom. The van der Waals surface area contributed by atoms with Crippen LogP contribution >= 0.6 is 0 Å². The first-order valence-corrected chi connectivity index (χ1v) is 7.69. The van der Waals surface area contributed by atoms with Gasteiger partial charge in [-0.2, -0.15) is 0 Å². The van der Waals surface area contributed by atoms with Crippen molar-refractivity contribution in [3.8, 4) is 0 Å². The third kappa shape index (κ3) is 3.56. The Balaban J connectivity index is 2.09. The van der Waals surface area contributed by atoms with Crippen molar-refractivity contribution in [1.29, 1.82) is 0 Å². The highest BCUT2D eigenvalue weighted by Crippen LogP contribution is 2.33. The molecule has 0 aliphatic carbocycles. The van der Waals surface area contributed by atoms with Crippen LogP contribution in [0.4, 0.5) is 5.69 Å². The first kappa shape index (κ1) is 15.8. The molecule has 0 spiro atoms. The fraction of sp³-hybridized carbons (Fsp3) is 0.588. The van der Waals surface area contributed by atoms with E-state index < -0.39 is 5.41 Å². The highest BCUT2D eigenvalue weighted by Gasteiger charge is 2.38. The van der Waals surface area contributed by atoms with E-state index in [-0.39, 0.29) is 5.91 Å². The molecule has 0 radical (unpaired) electrons. The van der Waals surface area contributed by atoms with Crippen LogP contribution in [0.25, 0.3) is 0 Å². The summed E-state index contributed by atoms with van der Waals surface area (Å²) < 4.78 is 0. The van der Waals surface area contributed by atoms with Crippen molar-refractivity contribution in [1.82, 2.24) is 5.32 Å². The van der Waals surface area contributed by atoms with Gasteiger partial charge in [0.1, 0.15) is 0 Å². The molecule has 0 aromatic heterocycles. The van der Waals surface area contributed by atoms with Crippen LogP contribution in [0.15, 0.2) is 18.2 Å². The Hall–Kier alpha value is -1.55. The van der Waals surface area contributed by atoms with E-state index >= 15 is 0 Å². The van der Waals surface area contributed by atoms with Crippen LogP contribution in [0.3, 0.4) is 0 Å². The molecule has 1 aliphatic rings. The third-order valence-electron chi connectivity index (χ3n) is 4.46. The second-order valence-electron chi connectivity index (χ2n) is 6.74. The zero-order valence-electron chi connectivity index (χ0n) is 13.6. The molecule has 1 saturated heterocycles. The summed E-state index contributed by atoms with van der Waals surface area (Å²) in [5.41, 5.74) is 8.92. The molecule has 1 aliphatic heterocycles. The number of primary amides is 1. The van der Waals surface area contributed by atoms with Gasteiger partial charge >= 0.3 is 0 Å². The van der Waals surface area contributed by atoms with Crippen molar-refractivity contribution in [2.45, 2.75) is 46.7 Å². The summed E-state index contributed by atoms with van der Waals surface area (Å²) >= 11 is 0. The van der Waals surface area contributed by atoms with Crippen LogP contribution in [0.5, 0.6) is 0 Å². The van der Waals surface area contributed by atoms with Gasteiger partial charge in [0.25, 0.3) is 0 Å². The number of nitrogens with zero attached hydrogens (tertiary/aromatic N) is 1. The summed E-state index contributed by atoms with van der Waals surface area (Å²) in [6.07, 6.45) is 0.831. The van der Waals surface area contributed by atoms with Gasteiger partial charge < -0.3 is 16.0 Å². The maximum Gasteiger partial charge on any atom is 0.225 e. The van der Waals surface area contributed by atoms with E-state index in [0.29, 0.717) is 12.6 Å². The summed E-state index contributed by atoms with van der Waals surface area (Å²) in [5.74, 6) is -0.195. The fourth-order valence-corrected chi connectivity index (χ4v) is 2.77. The standard InChI is InChI=1S/C17H27N3O/c1-12(2)19-10-14-5-6-15(9-13(14)3)20-8-7-17(4,11-20)16(18)21/h5-6,9,12,19H,7-8,10-11H2,1-4H3,(H2,18,21). The highest BCUT2D eigenvalue weighted by atomic mass is 16.1. The second kappa shape index (κ2) is 6.06. The predicted molar refractivity (Wildman–Crippen MR) is 87.3 cm³/mol. The third-order valence-corrected chi connectivity index (χ3v) is 4.46. The number of hydrogen-bond donors (Lipinski definition) is 2. The summed E-state index contributed by atoms with van der Waals surface area (Å²) in [6, 6.07) is 7.03. The van der Waals surface area contributed by atoms with E-state index in [0.717, 1.165) is 19.5 Å². The van der Waals surface area contributed by atoms with Gasteiger partial charge in [0, 0.05) is 31.4 Å². The molecule has 1 heterocycles. The van der Waals surface area contributed by atoms with Crippen molar-refractivity contribution >= 4 is 11.6 Å². The number of nitrogens with one attached hydrogen (secondary N) is 1. The quantitative estimate of drug-likeness (QED) is 0.873. The molecule has 0 saturated carbocycles. The Bertz CT molecular complexity index is 527. The van der Waals surface area contributed by atoms with Gasteiger partial charge in [-0.15, -0.1) is 0 Å². The van der Waals surface area contributed by atoms with Gasteiger partial charge in [0.2, 0.25) is 5.91 Å². The molecule has 1 unspecified atom stereocenters. The van der Waals surface area contributed by atoms with Crippen LogP contribution in [0, 0.1) is 12.3 Å². The lowest BCUT2D eigenvalue weighted by atomic mass is 9.89. The normalized spacial score (nSPS) is 22.0. The van der Waals surface area contributed by atoms with E-state index in [1.807, 2.05) is 6.92 Å². The number of benzene rings is 1. The summed E-state index contributed by atoms with van der Waals surface area (Å²) in [4.78, 5) is 13.8. The smallest absolute Gasteiger partial charge is 0.225 e. The summed E-state index contributed by atoms with van der Waals surface area (Å²) in [6.45, 7) is 10.9. The van der Waals surface area contributed by atoms with Crippen LogP contribution in [-0.4, -0.2) is 25.0 Å².